The van der Waals surface area contributed by atoms with Gasteiger partial charge in [-0.2, -0.15) is 0 Å². The number of para-hydroxylation sites is 1. The fraction of sp³-hybridized carbons (Fsp3) is 0.0714. The Morgan fingerprint density at radius 3 is 2.63 bits per heavy atom. The highest BCUT2D eigenvalue weighted by molar-refractivity contribution is 6.35. The van der Waals surface area contributed by atoms with Gasteiger partial charge in [-0.05, 0) is 36.8 Å². The minimum Gasteiger partial charge on any atom is -0.369 e. The minimum atomic E-state index is 0.369. The van der Waals surface area contributed by atoms with Gasteiger partial charge in [0.25, 0.3) is 0 Å². The summed E-state index contributed by atoms with van der Waals surface area (Å²) in [5.41, 5.74) is 9.38. The van der Waals surface area contributed by atoms with Crippen LogP contribution in [0.1, 0.15) is 5.56 Å². The van der Waals surface area contributed by atoms with Gasteiger partial charge >= 0.3 is 0 Å². The Labute approximate surface area is 120 Å². The first kappa shape index (κ1) is 12.3. The van der Waals surface area contributed by atoms with Gasteiger partial charge in [-0.1, -0.05) is 35.3 Å². The first-order valence-electron chi connectivity index (χ1n) is 5.77. The molecule has 3 rings (SSSR count). The largest absolute Gasteiger partial charge is 0.369 e. The summed E-state index contributed by atoms with van der Waals surface area (Å²) in [5, 5.41) is 1.21. The Hall–Kier alpha value is -1.71. The zero-order chi connectivity index (χ0) is 13.6. The molecule has 0 atom stereocenters. The van der Waals surface area contributed by atoms with E-state index in [4.69, 9.17) is 28.9 Å². The smallest absolute Gasteiger partial charge is 0.206 e. The molecule has 0 radical (unpaired) electrons. The molecule has 1 heterocycles. The molecule has 0 aliphatic carbocycles. The van der Waals surface area contributed by atoms with Crippen molar-refractivity contribution in [2.24, 2.45) is 0 Å². The molecule has 2 N–H and O–H groups in total. The van der Waals surface area contributed by atoms with Gasteiger partial charge in [-0.15, -0.1) is 0 Å². The average Bonchev–Trinajstić information content (AvgIpc) is 2.67. The maximum absolute atomic E-state index is 6.30. The van der Waals surface area contributed by atoms with E-state index in [1.807, 2.05) is 43.3 Å². The van der Waals surface area contributed by atoms with E-state index in [1.165, 1.54) is 0 Å². The van der Waals surface area contributed by atoms with Crippen molar-refractivity contribution in [3.8, 4) is 5.69 Å². The number of anilines is 1. The first-order valence-corrected chi connectivity index (χ1v) is 6.52. The number of hydrogen-bond donors (Lipinski definition) is 1. The second-order valence-corrected chi connectivity index (χ2v) is 5.18. The van der Waals surface area contributed by atoms with E-state index < -0.39 is 0 Å². The van der Waals surface area contributed by atoms with E-state index in [1.54, 1.807) is 4.57 Å². The maximum Gasteiger partial charge on any atom is 0.206 e. The number of halogens is 2. The molecule has 0 saturated heterocycles. The number of nitrogen functional groups attached to an aromatic ring is 1. The Balaban J connectivity index is 2.39. The maximum atomic E-state index is 6.30. The number of fused-ring (bicyclic) bond motifs is 1. The van der Waals surface area contributed by atoms with Gasteiger partial charge in [0.2, 0.25) is 5.95 Å². The molecule has 0 aliphatic rings. The molecule has 0 unspecified atom stereocenters. The highest BCUT2D eigenvalue weighted by Crippen LogP contribution is 2.32. The molecule has 3 aromatic rings. The zero-order valence-electron chi connectivity index (χ0n) is 10.2. The van der Waals surface area contributed by atoms with E-state index in [2.05, 4.69) is 4.98 Å². The van der Waals surface area contributed by atoms with E-state index >= 15 is 0 Å². The van der Waals surface area contributed by atoms with Crippen LogP contribution in [0.3, 0.4) is 0 Å². The Morgan fingerprint density at radius 1 is 1.11 bits per heavy atom. The lowest BCUT2D eigenvalue weighted by Crippen LogP contribution is -2.01. The van der Waals surface area contributed by atoms with Crippen LogP contribution in [0, 0.1) is 6.92 Å². The quantitative estimate of drug-likeness (QED) is 0.729. The van der Waals surface area contributed by atoms with E-state index in [9.17, 15) is 0 Å². The predicted molar refractivity (Wildman–Crippen MR) is 80.2 cm³/mol. The van der Waals surface area contributed by atoms with Crippen LogP contribution in [0.2, 0.25) is 10.0 Å². The van der Waals surface area contributed by atoms with Gasteiger partial charge in [-0.3, -0.25) is 4.57 Å². The molecule has 0 spiro atoms. The Morgan fingerprint density at radius 2 is 1.89 bits per heavy atom. The lowest BCUT2D eigenvalue weighted by molar-refractivity contribution is 1.11. The van der Waals surface area contributed by atoms with Crippen molar-refractivity contribution in [3.05, 3.63) is 52.0 Å². The monoisotopic (exact) mass is 291 g/mol. The van der Waals surface area contributed by atoms with Crippen molar-refractivity contribution in [1.82, 2.24) is 9.55 Å². The number of hydrogen-bond acceptors (Lipinski definition) is 2. The molecule has 0 fully saturated rings. The van der Waals surface area contributed by atoms with Crippen molar-refractivity contribution in [2.45, 2.75) is 6.92 Å². The number of nitrogens with two attached hydrogens (primary N) is 1. The summed E-state index contributed by atoms with van der Waals surface area (Å²) in [6.07, 6.45) is 0. The fourth-order valence-electron chi connectivity index (χ4n) is 2.14. The standard InChI is InChI=1S/C14H11Cl2N3/c1-8-5-6-12(10(16)7-8)19-13-9(15)3-2-4-11(13)18-14(19)17/h2-7H,1H3,(H2,17,18). The molecule has 1 aromatic heterocycles. The minimum absolute atomic E-state index is 0.369. The number of benzene rings is 2. The molecule has 0 bridgehead atoms. The third-order valence-corrected chi connectivity index (χ3v) is 3.61. The van der Waals surface area contributed by atoms with Gasteiger partial charge in [0, 0.05) is 0 Å². The summed E-state index contributed by atoms with van der Waals surface area (Å²) in [5.74, 6) is 0.369. The van der Waals surface area contributed by atoms with E-state index in [0.717, 1.165) is 22.3 Å². The average molecular weight is 292 g/mol. The van der Waals surface area contributed by atoms with Gasteiger partial charge in [0.05, 0.1) is 26.8 Å². The third-order valence-electron chi connectivity index (χ3n) is 3.00. The number of aromatic nitrogens is 2. The molecule has 19 heavy (non-hydrogen) atoms. The normalized spacial score (nSPS) is 11.1. The molecule has 0 amide bonds. The Kier molecular flexibility index (Phi) is 2.88. The first-order chi connectivity index (χ1) is 9.08. The molecule has 5 heteroatoms. The van der Waals surface area contributed by atoms with Crippen molar-refractivity contribution < 1.29 is 0 Å². The van der Waals surface area contributed by atoms with Crippen LogP contribution in [0.4, 0.5) is 5.95 Å². The number of aryl methyl sites for hydroxylation is 1. The van der Waals surface area contributed by atoms with Crippen LogP contribution in [-0.2, 0) is 0 Å². The summed E-state index contributed by atoms with van der Waals surface area (Å²) in [4.78, 5) is 4.31. The number of imidazole rings is 1. The summed E-state index contributed by atoms with van der Waals surface area (Å²) in [6.45, 7) is 1.98. The van der Waals surface area contributed by atoms with Gasteiger partial charge in [-0.25, -0.2) is 4.98 Å². The second-order valence-electron chi connectivity index (χ2n) is 4.37. The predicted octanol–water partition coefficient (Wildman–Crippen LogP) is 4.22. The second kappa shape index (κ2) is 4.44. The third kappa shape index (κ3) is 1.95. The number of rotatable bonds is 1. The van der Waals surface area contributed by atoms with Crippen molar-refractivity contribution in [3.63, 3.8) is 0 Å². The molecule has 0 aliphatic heterocycles. The van der Waals surface area contributed by atoms with Crippen LogP contribution >= 0.6 is 23.2 Å². The number of nitrogens with zero attached hydrogens (tertiary/aromatic N) is 2. The summed E-state index contributed by atoms with van der Waals surface area (Å²) in [7, 11) is 0. The lowest BCUT2D eigenvalue weighted by Gasteiger charge is -2.10. The molecule has 96 valence electrons. The SMILES string of the molecule is Cc1ccc(-n2c(N)nc3cccc(Cl)c32)c(Cl)c1. The van der Waals surface area contributed by atoms with Gasteiger partial charge in [0.1, 0.15) is 0 Å². The van der Waals surface area contributed by atoms with Crippen molar-refractivity contribution in [1.29, 1.82) is 0 Å². The molecule has 3 nitrogen and oxygen atoms in total. The summed E-state index contributed by atoms with van der Waals surface area (Å²) < 4.78 is 1.78. The van der Waals surface area contributed by atoms with E-state index in [-0.39, 0.29) is 0 Å². The molecule has 2 aromatic carbocycles. The van der Waals surface area contributed by atoms with Gasteiger partial charge in [0.15, 0.2) is 0 Å². The van der Waals surface area contributed by atoms with Crippen LogP contribution < -0.4 is 5.73 Å². The van der Waals surface area contributed by atoms with E-state index in [0.29, 0.717) is 16.0 Å². The zero-order valence-corrected chi connectivity index (χ0v) is 11.7. The summed E-state index contributed by atoms with van der Waals surface area (Å²) in [6, 6.07) is 11.3. The van der Waals surface area contributed by atoms with Crippen molar-refractivity contribution >= 4 is 40.2 Å². The highest BCUT2D eigenvalue weighted by atomic mass is 35.5. The summed E-state index contributed by atoms with van der Waals surface area (Å²) >= 11 is 12.5. The fourth-order valence-corrected chi connectivity index (χ4v) is 2.71. The molecular formula is C14H11Cl2N3. The lowest BCUT2D eigenvalue weighted by atomic mass is 10.2. The molecular weight excluding hydrogens is 281 g/mol. The van der Waals surface area contributed by atoms with Crippen LogP contribution in [-0.4, -0.2) is 9.55 Å². The van der Waals surface area contributed by atoms with Gasteiger partial charge < -0.3 is 5.73 Å². The van der Waals surface area contributed by atoms with Crippen molar-refractivity contribution in [2.75, 3.05) is 5.73 Å². The molecule has 0 saturated carbocycles. The van der Waals surface area contributed by atoms with Crippen LogP contribution in [0.25, 0.3) is 16.7 Å². The van der Waals surface area contributed by atoms with Crippen LogP contribution in [0.5, 0.6) is 0 Å². The topological polar surface area (TPSA) is 43.8 Å². The highest BCUT2D eigenvalue weighted by Gasteiger charge is 2.14. The van der Waals surface area contributed by atoms with Crippen LogP contribution in [0.15, 0.2) is 36.4 Å². The Bertz CT molecular complexity index is 778.